The predicted molar refractivity (Wildman–Crippen MR) is 71.5 cm³/mol. The summed E-state index contributed by atoms with van der Waals surface area (Å²) in [5.74, 6) is -0.176. The molecule has 18 heavy (non-hydrogen) atoms. The molecule has 4 heteroatoms. The number of hydrogen-bond donors (Lipinski definition) is 1. The first kappa shape index (κ1) is 15.4. The molecule has 0 aliphatic heterocycles. The average Bonchev–Trinajstić information content (AvgIpc) is 2.63. The Morgan fingerprint density at radius 3 is 2.50 bits per heavy atom. The van der Waals surface area contributed by atoms with Crippen molar-refractivity contribution in [2.24, 2.45) is 0 Å². The number of likely N-dealkylation sites (N-methyl/N-ethyl adjacent to an activating group) is 1. The maximum absolute atomic E-state index is 11.6. The van der Waals surface area contributed by atoms with Gasteiger partial charge in [0.1, 0.15) is 6.04 Å². The van der Waals surface area contributed by atoms with Crippen LogP contribution in [-0.4, -0.2) is 38.4 Å². The van der Waals surface area contributed by atoms with E-state index in [0.29, 0.717) is 25.7 Å². The molecule has 0 amide bonds. The Morgan fingerprint density at radius 1 is 1.28 bits per heavy atom. The van der Waals surface area contributed by atoms with Crippen LogP contribution in [0.3, 0.4) is 0 Å². The largest absolute Gasteiger partial charge is 0.465 e. The second-order valence-corrected chi connectivity index (χ2v) is 4.87. The van der Waals surface area contributed by atoms with Gasteiger partial charge in [-0.1, -0.05) is 25.7 Å². The first-order chi connectivity index (χ1) is 8.77. The average molecular weight is 257 g/mol. The van der Waals surface area contributed by atoms with Crippen molar-refractivity contribution >= 4 is 5.97 Å². The number of rotatable bonds is 7. The molecule has 1 fully saturated rings. The number of nitrogens with one attached hydrogen (secondary N) is 1. The summed E-state index contributed by atoms with van der Waals surface area (Å²) in [6.07, 6.45) is 8.64. The molecule has 106 valence electrons. The van der Waals surface area contributed by atoms with Crippen LogP contribution in [0.15, 0.2) is 0 Å². The van der Waals surface area contributed by atoms with Crippen LogP contribution in [0, 0.1) is 0 Å². The van der Waals surface area contributed by atoms with Gasteiger partial charge in [0, 0.05) is 6.61 Å². The number of ether oxygens (including phenoxy) is 2. The Morgan fingerprint density at radius 2 is 1.94 bits per heavy atom. The normalized spacial score (nSPS) is 19.2. The highest BCUT2D eigenvalue weighted by Gasteiger charge is 2.18. The molecular weight excluding hydrogens is 230 g/mol. The van der Waals surface area contributed by atoms with Crippen LogP contribution >= 0.6 is 0 Å². The summed E-state index contributed by atoms with van der Waals surface area (Å²) in [5.41, 5.74) is 0. The van der Waals surface area contributed by atoms with Crippen molar-refractivity contribution in [1.29, 1.82) is 0 Å². The minimum Gasteiger partial charge on any atom is -0.465 e. The maximum Gasteiger partial charge on any atom is 0.323 e. The van der Waals surface area contributed by atoms with Crippen LogP contribution in [0.2, 0.25) is 0 Å². The van der Waals surface area contributed by atoms with Gasteiger partial charge in [-0.25, -0.2) is 0 Å². The van der Waals surface area contributed by atoms with E-state index in [4.69, 9.17) is 9.47 Å². The molecule has 1 aliphatic rings. The van der Waals surface area contributed by atoms with Crippen LogP contribution in [0.5, 0.6) is 0 Å². The van der Waals surface area contributed by atoms with Gasteiger partial charge in [0.25, 0.3) is 0 Å². The molecule has 0 saturated heterocycles. The first-order valence-electron chi connectivity index (χ1n) is 7.23. The van der Waals surface area contributed by atoms with Crippen LogP contribution in [0.1, 0.15) is 51.9 Å². The van der Waals surface area contributed by atoms with E-state index in [-0.39, 0.29) is 12.0 Å². The van der Waals surface area contributed by atoms with Crippen molar-refractivity contribution in [3.8, 4) is 0 Å². The summed E-state index contributed by atoms with van der Waals surface area (Å²) >= 11 is 0. The van der Waals surface area contributed by atoms with E-state index in [9.17, 15) is 4.79 Å². The van der Waals surface area contributed by atoms with Gasteiger partial charge in [-0.3, -0.25) is 4.79 Å². The highest BCUT2D eigenvalue weighted by molar-refractivity contribution is 5.75. The topological polar surface area (TPSA) is 47.6 Å². The Balaban J connectivity index is 2.19. The van der Waals surface area contributed by atoms with E-state index in [0.717, 1.165) is 0 Å². The van der Waals surface area contributed by atoms with Crippen molar-refractivity contribution in [3.63, 3.8) is 0 Å². The van der Waals surface area contributed by atoms with Crippen LogP contribution in [-0.2, 0) is 14.3 Å². The quantitative estimate of drug-likeness (QED) is 0.561. The molecule has 0 heterocycles. The fraction of sp³-hybridized carbons (Fsp3) is 0.929. The molecule has 0 aromatic heterocycles. The minimum absolute atomic E-state index is 0.176. The lowest BCUT2D eigenvalue weighted by molar-refractivity contribution is -0.146. The maximum atomic E-state index is 11.6. The monoisotopic (exact) mass is 257 g/mol. The predicted octanol–water partition coefficient (Wildman–Crippen LogP) is 2.27. The molecule has 4 nitrogen and oxygen atoms in total. The lowest BCUT2D eigenvalue weighted by atomic mass is 10.1. The van der Waals surface area contributed by atoms with Crippen LogP contribution < -0.4 is 5.32 Å². The molecular formula is C14H27NO3. The van der Waals surface area contributed by atoms with E-state index in [1.54, 1.807) is 7.05 Å². The standard InChI is InChI=1S/C14H27NO3/c1-3-17-14(16)13(15-2)10-11-18-12-8-6-4-5-7-9-12/h12-13,15H,3-11H2,1-2H3. The second kappa shape index (κ2) is 9.34. The molecule has 0 radical (unpaired) electrons. The Kier molecular flexibility index (Phi) is 8.01. The zero-order valence-electron chi connectivity index (χ0n) is 11.7. The lowest BCUT2D eigenvalue weighted by Crippen LogP contribution is -2.37. The Hall–Kier alpha value is -0.610. The summed E-state index contributed by atoms with van der Waals surface area (Å²) < 4.78 is 10.9. The summed E-state index contributed by atoms with van der Waals surface area (Å²) in [4.78, 5) is 11.6. The van der Waals surface area contributed by atoms with E-state index in [1.165, 1.54) is 38.5 Å². The molecule has 1 N–H and O–H groups in total. The summed E-state index contributed by atoms with van der Waals surface area (Å²) in [5, 5.41) is 2.98. The van der Waals surface area contributed by atoms with Gasteiger partial charge in [-0.05, 0) is 33.2 Å². The van der Waals surface area contributed by atoms with E-state index in [1.807, 2.05) is 6.92 Å². The SMILES string of the molecule is CCOC(=O)C(CCOC1CCCCCC1)NC. The molecule has 0 aromatic rings. The van der Waals surface area contributed by atoms with E-state index in [2.05, 4.69) is 5.32 Å². The summed E-state index contributed by atoms with van der Waals surface area (Å²) in [6, 6.07) is -0.240. The molecule has 1 atom stereocenters. The molecule has 0 bridgehead atoms. The molecule has 1 aliphatic carbocycles. The van der Waals surface area contributed by atoms with Crippen molar-refractivity contribution in [2.45, 2.75) is 64.0 Å². The molecule has 0 spiro atoms. The van der Waals surface area contributed by atoms with Gasteiger partial charge in [-0.2, -0.15) is 0 Å². The zero-order chi connectivity index (χ0) is 13.2. The summed E-state index contributed by atoms with van der Waals surface area (Å²) in [7, 11) is 1.78. The second-order valence-electron chi connectivity index (χ2n) is 4.87. The Labute approximate surface area is 110 Å². The third-order valence-corrected chi connectivity index (χ3v) is 3.48. The number of carbonyl (C=O) groups excluding carboxylic acids is 1. The highest BCUT2D eigenvalue weighted by Crippen LogP contribution is 2.19. The fourth-order valence-corrected chi connectivity index (χ4v) is 2.38. The van der Waals surface area contributed by atoms with Gasteiger partial charge in [0.05, 0.1) is 12.7 Å². The van der Waals surface area contributed by atoms with Crippen molar-refractivity contribution in [2.75, 3.05) is 20.3 Å². The number of esters is 1. The molecule has 1 unspecified atom stereocenters. The third kappa shape index (κ3) is 5.83. The van der Waals surface area contributed by atoms with E-state index >= 15 is 0 Å². The Bertz CT molecular complexity index is 225. The lowest BCUT2D eigenvalue weighted by Gasteiger charge is -2.18. The van der Waals surface area contributed by atoms with Crippen molar-refractivity contribution < 1.29 is 14.3 Å². The van der Waals surface area contributed by atoms with Crippen LogP contribution in [0.25, 0.3) is 0 Å². The van der Waals surface area contributed by atoms with Gasteiger partial charge >= 0.3 is 5.97 Å². The molecule has 1 rings (SSSR count). The number of hydrogen-bond acceptors (Lipinski definition) is 4. The highest BCUT2D eigenvalue weighted by atomic mass is 16.5. The first-order valence-corrected chi connectivity index (χ1v) is 7.23. The van der Waals surface area contributed by atoms with Crippen molar-refractivity contribution in [3.05, 3.63) is 0 Å². The van der Waals surface area contributed by atoms with Gasteiger partial charge < -0.3 is 14.8 Å². The molecule has 0 aromatic carbocycles. The van der Waals surface area contributed by atoms with Crippen molar-refractivity contribution in [1.82, 2.24) is 5.32 Å². The molecule has 1 saturated carbocycles. The third-order valence-electron chi connectivity index (χ3n) is 3.48. The zero-order valence-corrected chi connectivity index (χ0v) is 11.7. The smallest absolute Gasteiger partial charge is 0.323 e. The van der Waals surface area contributed by atoms with Gasteiger partial charge in [0.15, 0.2) is 0 Å². The summed E-state index contributed by atoms with van der Waals surface area (Å²) in [6.45, 7) is 2.89. The van der Waals surface area contributed by atoms with Gasteiger partial charge in [-0.15, -0.1) is 0 Å². The minimum atomic E-state index is -0.240. The fourth-order valence-electron chi connectivity index (χ4n) is 2.38. The van der Waals surface area contributed by atoms with E-state index < -0.39 is 0 Å². The van der Waals surface area contributed by atoms with Gasteiger partial charge in [0.2, 0.25) is 0 Å². The number of carbonyl (C=O) groups is 1. The van der Waals surface area contributed by atoms with Crippen LogP contribution in [0.4, 0.5) is 0 Å².